The van der Waals surface area contributed by atoms with Gasteiger partial charge in [-0.1, -0.05) is 25.1 Å². The van der Waals surface area contributed by atoms with Crippen LogP contribution in [0.5, 0.6) is 0 Å². The van der Waals surface area contributed by atoms with E-state index in [4.69, 9.17) is 0 Å². The van der Waals surface area contributed by atoms with E-state index < -0.39 is 0 Å². The molecule has 18 heavy (non-hydrogen) atoms. The largest absolute Gasteiger partial charge is 0.314 e. The summed E-state index contributed by atoms with van der Waals surface area (Å²) in [5.74, 6) is 0.985. The van der Waals surface area contributed by atoms with Crippen molar-refractivity contribution in [2.45, 2.75) is 55.2 Å². The van der Waals surface area contributed by atoms with Crippen LogP contribution in [0.15, 0.2) is 29.2 Å². The van der Waals surface area contributed by atoms with Crippen molar-refractivity contribution in [1.29, 1.82) is 0 Å². The van der Waals surface area contributed by atoms with E-state index >= 15 is 0 Å². The molecule has 0 amide bonds. The zero-order valence-corrected chi connectivity index (χ0v) is 12.0. The Morgan fingerprint density at radius 1 is 1.33 bits per heavy atom. The van der Waals surface area contributed by atoms with Crippen LogP contribution in [0, 0.1) is 5.92 Å². The Morgan fingerprint density at radius 3 is 2.89 bits per heavy atom. The standard InChI is InChI=1S/C16H23NS/c1-2-17-15(12-7-8-12)10-9-14-11-13-5-3-4-6-16(13)18-14/h3-6,12,14-15,17H,2,7-11H2,1H3. The summed E-state index contributed by atoms with van der Waals surface area (Å²) in [5.41, 5.74) is 1.57. The highest BCUT2D eigenvalue weighted by molar-refractivity contribution is 8.00. The quantitative estimate of drug-likeness (QED) is 0.834. The van der Waals surface area contributed by atoms with Crippen LogP contribution in [0.2, 0.25) is 0 Å². The van der Waals surface area contributed by atoms with Crippen LogP contribution in [0.3, 0.4) is 0 Å². The van der Waals surface area contributed by atoms with Crippen LogP contribution >= 0.6 is 11.8 Å². The third-order valence-corrected chi connectivity index (χ3v) is 5.56. The number of rotatable bonds is 6. The first kappa shape index (κ1) is 12.6. The lowest BCUT2D eigenvalue weighted by Gasteiger charge is -2.19. The van der Waals surface area contributed by atoms with Crippen LogP contribution in [-0.2, 0) is 6.42 Å². The van der Waals surface area contributed by atoms with Crippen molar-refractivity contribution in [3.05, 3.63) is 29.8 Å². The van der Waals surface area contributed by atoms with E-state index in [1.54, 1.807) is 5.56 Å². The molecule has 3 rings (SSSR count). The van der Waals surface area contributed by atoms with Crippen molar-refractivity contribution in [2.24, 2.45) is 5.92 Å². The molecule has 0 aromatic heterocycles. The van der Waals surface area contributed by atoms with E-state index in [1.807, 2.05) is 0 Å². The minimum absolute atomic E-state index is 0.791. The lowest BCUT2D eigenvalue weighted by molar-refractivity contribution is 0.432. The SMILES string of the molecule is CCNC(CCC1Cc2ccccc2S1)C1CC1. The fourth-order valence-electron chi connectivity index (χ4n) is 3.05. The number of nitrogens with one attached hydrogen (secondary N) is 1. The van der Waals surface area contributed by atoms with Crippen LogP contribution < -0.4 is 5.32 Å². The van der Waals surface area contributed by atoms with Crippen LogP contribution in [0.4, 0.5) is 0 Å². The summed E-state index contributed by atoms with van der Waals surface area (Å²) in [5, 5.41) is 4.50. The minimum atomic E-state index is 0.791. The van der Waals surface area contributed by atoms with E-state index in [0.29, 0.717) is 0 Å². The fraction of sp³-hybridized carbons (Fsp3) is 0.625. The van der Waals surface area contributed by atoms with Gasteiger partial charge >= 0.3 is 0 Å². The van der Waals surface area contributed by atoms with Gasteiger partial charge in [-0.15, -0.1) is 11.8 Å². The van der Waals surface area contributed by atoms with E-state index in [-0.39, 0.29) is 0 Å². The molecule has 98 valence electrons. The molecule has 0 spiro atoms. The number of hydrogen-bond donors (Lipinski definition) is 1. The van der Waals surface area contributed by atoms with Gasteiger partial charge in [0.15, 0.2) is 0 Å². The molecule has 2 heteroatoms. The van der Waals surface area contributed by atoms with E-state index in [0.717, 1.165) is 23.8 Å². The minimum Gasteiger partial charge on any atom is -0.314 e. The summed E-state index contributed by atoms with van der Waals surface area (Å²) >= 11 is 2.10. The predicted octanol–water partition coefficient (Wildman–Crippen LogP) is 3.87. The van der Waals surface area contributed by atoms with Gasteiger partial charge in [0.25, 0.3) is 0 Å². The number of benzene rings is 1. The van der Waals surface area contributed by atoms with Crippen molar-refractivity contribution < 1.29 is 0 Å². The topological polar surface area (TPSA) is 12.0 Å². The highest BCUT2D eigenvalue weighted by Gasteiger charge is 2.31. The summed E-state index contributed by atoms with van der Waals surface area (Å²) in [7, 11) is 0. The molecular formula is C16H23NS. The molecule has 1 heterocycles. The maximum atomic E-state index is 3.68. The second-order valence-electron chi connectivity index (χ2n) is 5.63. The van der Waals surface area contributed by atoms with Gasteiger partial charge in [0.1, 0.15) is 0 Å². The monoisotopic (exact) mass is 261 g/mol. The molecule has 1 aromatic rings. The van der Waals surface area contributed by atoms with Gasteiger partial charge in [-0.3, -0.25) is 0 Å². The number of thioether (sulfide) groups is 1. The summed E-state index contributed by atoms with van der Waals surface area (Å²) < 4.78 is 0. The first-order valence-electron chi connectivity index (χ1n) is 7.34. The van der Waals surface area contributed by atoms with Gasteiger partial charge < -0.3 is 5.32 Å². The molecule has 1 N–H and O–H groups in total. The van der Waals surface area contributed by atoms with Crippen LogP contribution in [0.25, 0.3) is 0 Å². The molecule has 1 nitrogen and oxygen atoms in total. The van der Waals surface area contributed by atoms with Gasteiger partial charge in [0, 0.05) is 16.2 Å². The molecule has 0 saturated heterocycles. The molecule has 1 aromatic carbocycles. The van der Waals surface area contributed by atoms with E-state index in [2.05, 4.69) is 48.3 Å². The fourth-order valence-corrected chi connectivity index (χ4v) is 4.38. The smallest absolute Gasteiger partial charge is 0.0136 e. The van der Waals surface area contributed by atoms with E-state index in [9.17, 15) is 0 Å². The van der Waals surface area contributed by atoms with Crippen molar-refractivity contribution in [3.8, 4) is 0 Å². The second-order valence-corrected chi connectivity index (χ2v) is 6.97. The normalized spacial score (nSPS) is 23.9. The molecule has 1 aliphatic carbocycles. The Kier molecular flexibility index (Phi) is 3.95. The third-order valence-electron chi connectivity index (χ3n) is 4.17. The van der Waals surface area contributed by atoms with Crippen molar-refractivity contribution >= 4 is 11.8 Å². The summed E-state index contributed by atoms with van der Waals surface area (Å²) in [6, 6.07) is 9.71. The Hall–Kier alpha value is -0.470. The van der Waals surface area contributed by atoms with Crippen molar-refractivity contribution in [3.63, 3.8) is 0 Å². The molecule has 1 saturated carbocycles. The third kappa shape index (κ3) is 2.92. The van der Waals surface area contributed by atoms with E-state index in [1.165, 1.54) is 37.0 Å². The Bertz CT molecular complexity index is 375. The highest BCUT2D eigenvalue weighted by atomic mass is 32.2. The molecule has 0 radical (unpaired) electrons. The maximum absolute atomic E-state index is 3.68. The van der Waals surface area contributed by atoms with Crippen molar-refractivity contribution in [1.82, 2.24) is 5.32 Å². The molecule has 2 unspecified atom stereocenters. The van der Waals surface area contributed by atoms with Gasteiger partial charge in [0.05, 0.1) is 0 Å². The molecule has 2 atom stereocenters. The predicted molar refractivity (Wildman–Crippen MR) is 79.2 cm³/mol. The number of fused-ring (bicyclic) bond motifs is 1. The zero-order chi connectivity index (χ0) is 12.4. The van der Waals surface area contributed by atoms with Gasteiger partial charge in [-0.25, -0.2) is 0 Å². The van der Waals surface area contributed by atoms with Crippen LogP contribution in [-0.4, -0.2) is 17.8 Å². The average molecular weight is 261 g/mol. The first-order chi connectivity index (χ1) is 8.86. The average Bonchev–Trinajstić information content (AvgIpc) is 3.13. The molecule has 0 bridgehead atoms. The Labute approximate surface area is 115 Å². The maximum Gasteiger partial charge on any atom is 0.0136 e. The lowest BCUT2D eigenvalue weighted by atomic mass is 10.0. The first-order valence-corrected chi connectivity index (χ1v) is 8.22. The lowest BCUT2D eigenvalue weighted by Crippen LogP contribution is -2.31. The summed E-state index contributed by atoms with van der Waals surface area (Å²) in [6.07, 6.45) is 6.92. The second kappa shape index (κ2) is 5.66. The van der Waals surface area contributed by atoms with Gasteiger partial charge in [-0.05, 0) is 56.2 Å². The highest BCUT2D eigenvalue weighted by Crippen LogP contribution is 2.40. The molecule has 1 aliphatic heterocycles. The summed E-state index contributed by atoms with van der Waals surface area (Å²) in [4.78, 5) is 1.52. The molecular weight excluding hydrogens is 238 g/mol. The summed E-state index contributed by atoms with van der Waals surface area (Å²) in [6.45, 7) is 3.36. The number of hydrogen-bond acceptors (Lipinski definition) is 2. The zero-order valence-electron chi connectivity index (χ0n) is 11.2. The van der Waals surface area contributed by atoms with Gasteiger partial charge in [-0.2, -0.15) is 0 Å². The molecule has 2 aliphatic rings. The molecule has 1 fully saturated rings. The Morgan fingerprint density at radius 2 is 2.17 bits per heavy atom. The van der Waals surface area contributed by atoms with Gasteiger partial charge in [0.2, 0.25) is 0 Å². The van der Waals surface area contributed by atoms with Crippen molar-refractivity contribution in [2.75, 3.05) is 6.54 Å². The van der Waals surface area contributed by atoms with Crippen LogP contribution in [0.1, 0.15) is 38.2 Å². The Balaban J connectivity index is 1.50.